The molecule has 4 heteroatoms. The summed E-state index contributed by atoms with van der Waals surface area (Å²) in [7, 11) is 0. The maximum absolute atomic E-state index is 12.6. The number of hydrogen-bond donors (Lipinski definition) is 1. The van der Waals surface area contributed by atoms with Crippen LogP contribution in [-0.2, 0) is 11.2 Å². The molecule has 0 fully saturated rings. The van der Waals surface area contributed by atoms with Gasteiger partial charge in [-0.1, -0.05) is 22.9 Å². The van der Waals surface area contributed by atoms with Crippen LogP contribution < -0.4 is 5.32 Å². The van der Waals surface area contributed by atoms with Gasteiger partial charge in [0.25, 0.3) is 0 Å². The van der Waals surface area contributed by atoms with Gasteiger partial charge < -0.3 is 5.32 Å². The maximum atomic E-state index is 12.6. The first-order chi connectivity index (χ1) is 9.09. The van der Waals surface area contributed by atoms with Crippen LogP contribution in [0, 0.1) is 0 Å². The minimum atomic E-state index is -0.0891. The maximum Gasteiger partial charge on any atom is 0.228 e. The van der Waals surface area contributed by atoms with Crippen LogP contribution in [0.3, 0.4) is 0 Å². The molecule has 0 saturated carbocycles. The molecule has 106 valence electrons. The summed E-state index contributed by atoms with van der Waals surface area (Å²) in [5, 5.41) is 6.32. The van der Waals surface area contributed by atoms with Crippen LogP contribution in [0.15, 0.2) is 11.4 Å². The average Bonchev–Trinajstić information content (AvgIpc) is 2.86. The van der Waals surface area contributed by atoms with E-state index in [1.165, 1.54) is 10.4 Å². The number of hydrogen-bond acceptors (Lipinski definition) is 2. The zero-order valence-corrected chi connectivity index (χ0v) is 14.1. The molecule has 1 aromatic rings. The predicted molar refractivity (Wildman–Crippen MR) is 85.2 cm³/mol. The van der Waals surface area contributed by atoms with Gasteiger partial charge in [-0.05, 0) is 56.0 Å². The van der Waals surface area contributed by atoms with E-state index < -0.39 is 0 Å². The Morgan fingerprint density at radius 1 is 1.63 bits per heavy atom. The molecule has 2 unspecified atom stereocenters. The number of thiophene rings is 1. The molecule has 0 saturated heterocycles. The van der Waals surface area contributed by atoms with E-state index in [2.05, 4.69) is 46.5 Å². The van der Waals surface area contributed by atoms with Crippen molar-refractivity contribution < 1.29 is 4.79 Å². The normalized spacial score (nSPS) is 21.5. The van der Waals surface area contributed by atoms with Crippen LogP contribution in [0.2, 0.25) is 0 Å². The average molecular weight is 344 g/mol. The highest BCUT2D eigenvalue weighted by molar-refractivity contribution is 9.09. The second kappa shape index (κ2) is 6.40. The lowest BCUT2D eigenvalue weighted by atomic mass is 9.85. The summed E-state index contributed by atoms with van der Waals surface area (Å²) in [5.74, 6) is 0.279. The van der Waals surface area contributed by atoms with E-state index in [4.69, 9.17) is 0 Å². The summed E-state index contributed by atoms with van der Waals surface area (Å²) < 4.78 is 0. The van der Waals surface area contributed by atoms with Crippen LogP contribution in [-0.4, -0.2) is 16.8 Å². The smallest absolute Gasteiger partial charge is 0.228 e. The molecule has 0 radical (unpaired) electrons. The molecule has 2 nitrogen and oxygen atoms in total. The predicted octanol–water partition coefficient (Wildman–Crippen LogP) is 4.24. The van der Waals surface area contributed by atoms with Gasteiger partial charge in [0.05, 0.1) is 5.92 Å². The van der Waals surface area contributed by atoms with Crippen molar-refractivity contribution in [2.45, 2.75) is 57.4 Å². The molecule has 2 atom stereocenters. The highest BCUT2D eigenvalue weighted by atomic mass is 79.9. The number of nitrogens with one attached hydrogen (secondary N) is 1. The molecule has 1 aliphatic rings. The van der Waals surface area contributed by atoms with Gasteiger partial charge in [-0.3, -0.25) is 4.79 Å². The van der Waals surface area contributed by atoms with Gasteiger partial charge in [-0.25, -0.2) is 0 Å². The minimum absolute atomic E-state index is 0.0659. The first-order valence-corrected chi connectivity index (χ1v) is 9.04. The Balaban J connectivity index is 2.09. The fourth-order valence-corrected chi connectivity index (χ4v) is 4.54. The number of fused-ring (bicyclic) bond motifs is 1. The summed E-state index contributed by atoms with van der Waals surface area (Å²) >= 11 is 5.27. The lowest BCUT2D eigenvalue weighted by Gasteiger charge is -2.32. The van der Waals surface area contributed by atoms with Crippen molar-refractivity contribution in [1.82, 2.24) is 5.32 Å². The molecule has 1 aliphatic carbocycles. The van der Waals surface area contributed by atoms with E-state index in [1.54, 1.807) is 11.3 Å². The molecule has 0 spiro atoms. The second-order valence-corrected chi connectivity index (χ2v) is 7.38. The second-order valence-electron chi connectivity index (χ2n) is 5.59. The van der Waals surface area contributed by atoms with Crippen molar-refractivity contribution in [2.75, 3.05) is 5.33 Å². The van der Waals surface area contributed by atoms with Crippen LogP contribution in [0.1, 0.15) is 55.9 Å². The van der Waals surface area contributed by atoms with Crippen LogP contribution >= 0.6 is 27.3 Å². The van der Waals surface area contributed by atoms with Gasteiger partial charge in [0.1, 0.15) is 0 Å². The van der Waals surface area contributed by atoms with Gasteiger partial charge >= 0.3 is 0 Å². The topological polar surface area (TPSA) is 29.1 Å². The van der Waals surface area contributed by atoms with E-state index >= 15 is 0 Å². The van der Waals surface area contributed by atoms with Gasteiger partial charge in [0, 0.05) is 15.7 Å². The first-order valence-electron chi connectivity index (χ1n) is 7.04. The summed E-state index contributed by atoms with van der Waals surface area (Å²) in [6, 6.07) is 2.14. The molecule has 0 aromatic carbocycles. The summed E-state index contributed by atoms with van der Waals surface area (Å²) in [4.78, 5) is 14.0. The van der Waals surface area contributed by atoms with Crippen LogP contribution in [0.5, 0.6) is 0 Å². The molecule has 19 heavy (non-hydrogen) atoms. The zero-order chi connectivity index (χ0) is 13.9. The van der Waals surface area contributed by atoms with Crippen molar-refractivity contribution in [1.29, 1.82) is 0 Å². The molecular formula is C15H22BrNOS. The Morgan fingerprint density at radius 2 is 2.42 bits per heavy atom. The highest BCUT2D eigenvalue weighted by Gasteiger charge is 2.31. The van der Waals surface area contributed by atoms with Crippen molar-refractivity contribution in [3.63, 3.8) is 0 Å². The van der Waals surface area contributed by atoms with Crippen molar-refractivity contribution in [3.8, 4) is 0 Å². The third-order valence-corrected chi connectivity index (χ3v) is 5.61. The van der Waals surface area contributed by atoms with Crippen molar-refractivity contribution >= 4 is 33.2 Å². The summed E-state index contributed by atoms with van der Waals surface area (Å²) in [6.45, 7) is 4.28. The number of carbonyl (C=O) groups excluding carboxylic acids is 1. The molecule has 1 amide bonds. The molecule has 1 aromatic heterocycles. The lowest BCUT2D eigenvalue weighted by Crippen LogP contribution is -2.48. The van der Waals surface area contributed by atoms with Gasteiger partial charge in [0.15, 0.2) is 0 Å². The van der Waals surface area contributed by atoms with Crippen LogP contribution in [0.4, 0.5) is 0 Å². The standard InChI is InChI=1S/C15H22BrNOS/c1-3-15(2,8-9-16)17-14(18)12-5-4-6-13-11(12)7-10-19-13/h7,10,12H,3-6,8-9H2,1-2H3,(H,17,18). The molecular weight excluding hydrogens is 322 g/mol. The Kier molecular flexibility index (Phi) is 5.07. The van der Waals surface area contributed by atoms with Gasteiger partial charge in [-0.2, -0.15) is 0 Å². The highest BCUT2D eigenvalue weighted by Crippen LogP contribution is 2.35. The fourth-order valence-electron chi connectivity index (χ4n) is 2.68. The zero-order valence-electron chi connectivity index (χ0n) is 11.7. The van der Waals surface area contributed by atoms with Gasteiger partial charge in [0.2, 0.25) is 5.91 Å². The van der Waals surface area contributed by atoms with Crippen molar-refractivity contribution in [3.05, 3.63) is 21.9 Å². The fraction of sp³-hybridized carbons (Fsp3) is 0.667. The monoisotopic (exact) mass is 343 g/mol. The lowest BCUT2D eigenvalue weighted by molar-refractivity contribution is -0.124. The van der Waals surface area contributed by atoms with Gasteiger partial charge in [-0.15, -0.1) is 11.3 Å². The Morgan fingerprint density at radius 3 is 3.11 bits per heavy atom. The van der Waals surface area contributed by atoms with E-state index in [0.29, 0.717) is 0 Å². The number of amides is 1. The number of rotatable bonds is 5. The number of alkyl halides is 1. The van der Waals surface area contributed by atoms with Crippen molar-refractivity contribution in [2.24, 2.45) is 0 Å². The molecule has 0 bridgehead atoms. The number of aryl methyl sites for hydroxylation is 1. The Hall–Kier alpha value is -0.350. The van der Waals surface area contributed by atoms with E-state index in [1.807, 2.05) is 0 Å². The molecule has 1 heterocycles. The van der Waals surface area contributed by atoms with E-state index in [-0.39, 0.29) is 17.4 Å². The summed E-state index contributed by atoms with van der Waals surface area (Å²) in [6.07, 6.45) is 5.20. The molecule has 1 N–H and O–H groups in total. The van der Waals surface area contributed by atoms with E-state index in [0.717, 1.165) is 37.4 Å². The first kappa shape index (κ1) is 15.0. The SMILES string of the molecule is CCC(C)(CCBr)NC(=O)C1CCCc2sccc21. The van der Waals surface area contributed by atoms with Crippen LogP contribution in [0.25, 0.3) is 0 Å². The molecule has 2 rings (SSSR count). The third kappa shape index (κ3) is 3.40. The van der Waals surface area contributed by atoms with E-state index in [9.17, 15) is 4.79 Å². The minimum Gasteiger partial charge on any atom is -0.350 e. The number of halogens is 1. The quantitative estimate of drug-likeness (QED) is 0.796. The molecule has 0 aliphatic heterocycles. The summed E-state index contributed by atoms with van der Waals surface area (Å²) in [5.41, 5.74) is 1.18. The Bertz CT molecular complexity index is 445. The largest absolute Gasteiger partial charge is 0.350 e. The third-order valence-electron chi connectivity index (χ3n) is 4.22. The Labute approximate surface area is 128 Å². The number of carbonyl (C=O) groups is 1.